The van der Waals surface area contributed by atoms with E-state index in [4.69, 9.17) is 4.74 Å². The maximum absolute atomic E-state index is 11.8. The third-order valence-electron chi connectivity index (χ3n) is 3.28. The molecule has 1 saturated carbocycles. The molecule has 1 aromatic rings. The summed E-state index contributed by atoms with van der Waals surface area (Å²) >= 11 is 1.71. The van der Waals surface area contributed by atoms with Crippen molar-refractivity contribution in [3.8, 4) is 0 Å². The van der Waals surface area contributed by atoms with Crippen molar-refractivity contribution in [3.63, 3.8) is 0 Å². The molecular formula is C14H20N2O3S. The molecule has 1 N–H and O–H groups in total. The third-order valence-corrected chi connectivity index (χ3v) is 4.14. The second-order valence-corrected chi connectivity index (χ2v) is 6.05. The standard InChI is InChI=1S/C14H20N2O3S/c1-10(17)15-13(14(18)19-2)9-16(11-5-6-11)8-12-4-3-7-20-12/h3-4,7,11,13H,5-6,8-9H2,1-2H3,(H,15,17). The molecule has 1 fully saturated rings. The Kier molecular flexibility index (Phi) is 5.14. The van der Waals surface area contributed by atoms with Crippen LogP contribution in [0.25, 0.3) is 0 Å². The monoisotopic (exact) mass is 296 g/mol. The van der Waals surface area contributed by atoms with Crippen molar-refractivity contribution in [1.29, 1.82) is 0 Å². The van der Waals surface area contributed by atoms with E-state index in [-0.39, 0.29) is 5.91 Å². The summed E-state index contributed by atoms with van der Waals surface area (Å²) in [5.41, 5.74) is 0. The van der Waals surface area contributed by atoms with Crippen LogP contribution in [-0.4, -0.2) is 42.5 Å². The predicted molar refractivity (Wildman–Crippen MR) is 77.4 cm³/mol. The lowest BCUT2D eigenvalue weighted by atomic mass is 10.2. The number of amides is 1. The molecule has 5 nitrogen and oxygen atoms in total. The number of rotatable bonds is 7. The van der Waals surface area contributed by atoms with Gasteiger partial charge in [0.15, 0.2) is 0 Å². The van der Waals surface area contributed by atoms with Gasteiger partial charge in [0.1, 0.15) is 6.04 Å². The highest BCUT2D eigenvalue weighted by atomic mass is 32.1. The molecule has 20 heavy (non-hydrogen) atoms. The molecule has 1 atom stereocenters. The normalized spacial score (nSPS) is 15.9. The Labute approximate surface area is 122 Å². The van der Waals surface area contributed by atoms with Gasteiger partial charge < -0.3 is 10.1 Å². The predicted octanol–water partition coefficient (Wildman–Crippen LogP) is 1.39. The minimum atomic E-state index is -0.599. The Morgan fingerprint density at radius 2 is 2.30 bits per heavy atom. The van der Waals surface area contributed by atoms with Crippen molar-refractivity contribution in [2.24, 2.45) is 0 Å². The third kappa shape index (κ3) is 4.31. The van der Waals surface area contributed by atoms with Crippen molar-refractivity contribution in [2.45, 2.75) is 38.4 Å². The first-order valence-electron chi connectivity index (χ1n) is 6.71. The maximum Gasteiger partial charge on any atom is 0.329 e. The van der Waals surface area contributed by atoms with E-state index >= 15 is 0 Å². The molecule has 110 valence electrons. The number of hydrogen-bond donors (Lipinski definition) is 1. The first kappa shape index (κ1) is 15.0. The van der Waals surface area contributed by atoms with Gasteiger partial charge in [0.25, 0.3) is 0 Å². The highest BCUT2D eigenvalue weighted by Gasteiger charge is 2.33. The summed E-state index contributed by atoms with van der Waals surface area (Å²) < 4.78 is 4.77. The number of hydrogen-bond acceptors (Lipinski definition) is 5. The molecule has 0 saturated heterocycles. The van der Waals surface area contributed by atoms with Crippen LogP contribution in [0.5, 0.6) is 0 Å². The number of nitrogens with zero attached hydrogens (tertiary/aromatic N) is 1. The summed E-state index contributed by atoms with van der Waals surface area (Å²) in [4.78, 5) is 26.5. The van der Waals surface area contributed by atoms with Gasteiger partial charge in [0, 0.05) is 30.9 Å². The van der Waals surface area contributed by atoms with Crippen LogP contribution >= 0.6 is 11.3 Å². The van der Waals surface area contributed by atoms with Crippen molar-refractivity contribution in [1.82, 2.24) is 10.2 Å². The molecule has 1 aliphatic rings. The first-order valence-corrected chi connectivity index (χ1v) is 7.59. The van der Waals surface area contributed by atoms with Crippen LogP contribution < -0.4 is 5.32 Å². The van der Waals surface area contributed by atoms with E-state index in [0.29, 0.717) is 12.6 Å². The average molecular weight is 296 g/mol. The number of carbonyl (C=O) groups excluding carboxylic acids is 2. The summed E-state index contributed by atoms with van der Waals surface area (Å²) in [5.74, 6) is -0.607. The van der Waals surface area contributed by atoms with Crippen molar-refractivity contribution in [3.05, 3.63) is 22.4 Å². The van der Waals surface area contributed by atoms with E-state index in [1.54, 1.807) is 11.3 Å². The molecule has 1 amide bonds. The zero-order chi connectivity index (χ0) is 14.5. The van der Waals surface area contributed by atoms with Gasteiger partial charge in [0.2, 0.25) is 5.91 Å². The van der Waals surface area contributed by atoms with Crippen LogP contribution in [0.2, 0.25) is 0 Å². The fraction of sp³-hybridized carbons (Fsp3) is 0.571. The lowest BCUT2D eigenvalue weighted by Gasteiger charge is -2.26. The van der Waals surface area contributed by atoms with E-state index in [9.17, 15) is 9.59 Å². The molecule has 1 aliphatic carbocycles. The van der Waals surface area contributed by atoms with Crippen molar-refractivity contribution < 1.29 is 14.3 Å². The average Bonchev–Trinajstić information content (AvgIpc) is 3.14. The van der Waals surface area contributed by atoms with Crippen LogP contribution in [0.3, 0.4) is 0 Å². The summed E-state index contributed by atoms with van der Waals surface area (Å²) in [5, 5.41) is 4.72. The molecular weight excluding hydrogens is 276 g/mol. The second-order valence-electron chi connectivity index (χ2n) is 5.02. The number of methoxy groups -OCH3 is 1. The van der Waals surface area contributed by atoms with Gasteiger partial charge in [-0.1, -0.05) is 6.07 Å². The fourth-order valence-corrected chi connectivity index (χ4v) is 2.92. The number of ether oxygens (including phenoxy) is 1. The quantitative estimate of drug-likeness (QED) is 0.773. The Hall–Kier alpha value is -1.40. The van der Waals surface area contributed by atoms with E-state index in [2.05, 4.69) is 16.3 Å². The topological polar surface area (TPSA) is 58.6 Å². The SMILES string of the molecule is COC(=O)C(CN(Cc1cccs1)C1CC1)NC(C)=O. The minimum Gasteiger partial charge on any atom is -0.467 e. The first-order chi connectivity index (χ1) is 9.60. The molecule has 0 aromatic carbocycles. The Balaban J connectivity index is 2.00. The molecule has 1 aromatic heterocycles. The lowest BCUT2D eigenvalue weighted by molar-refractivity contribution is -0.145. The van der Waals surface area contributed by atoms with Gasteiger partial charge in [-0.25, -0.2) is 4.79 Å². The van der Waals surface area contributed by atoms with Crippen LogP contribution in [0, 0.1) is 0 Å². The molecule has 0 radical (unpaired) electrons. The summed E-state index contributed by atoms with van der Waals surface area (Å²) in [7, 11) is 1.35. The molecule has 0 aliphatic heterocycles. The van der Waals surface area contributed by atoms with Crippen molar-refractivity contribution in [2.75, 3.05) is 13.7 Å². The number of thiophene rings is 1. The Bertz CT molecular complexity index is 457. The van der Waals surface area contributed by atoms with E-state index in [1.165, 1.54) is 18.9 Å². The van der Waals surface area contributed by atoms with Crippen LogP contribution in [-0.2, 0) is 20.9 Å². The maximum atomic E-state index is 11.8. The smallest absolute Gasteiger partial charge is 0.329 e. The molecule has 1 heterocycles. The summed E-state index contributed by atoms with van der Waals surface area (Å²) in [6.45, 7) is 2.72. The van der Waals surface area contributed by atoms with Crippen molar-refractivity contribution >= 4 is 23.2 Å². The highest BCUT2D eigenvalue weighted by molar-refractivity contribution is 7.09. The van der Waals surface area contributed by atoms with Gasteiger partial charge in [0.05, 0.1) is 7.11 Å². The van der Waals surface area contributed by atoms with Gasteiger partial charge in [-0.05, 0) is 24.3 Å². The zero-order valence-electron chi connectivity index (χ0n) is 11.8. The minimum absolute atomic E-state index is 0.215. The lowest BCUT2D eigenvalue weighted by Crippen LogP contribution is -2.48. The van der Waals surface area contributed by atoms with E-state index < -0.39 is 12.0 Å². The van der Waals surface area contributed by atoms with Gasteiger partial charge >= 0.3 is 5.97 Å². The van der Waals surface area contributed by atoms with Gasteiger partial charge in [-0.15, -0.1) is 11.3 Å². The Morgan fingerprint density at radius 3 is 2.80 bits per heavy atom. The molecule has 1 unspecified atom stereocenters. The molecule has 0 spiro atoms. The van der Waals surface area contributed by atoms with Crippen LogP contribution in [0.4, 0.5) is 0 Å². The van der Waals surface area contributed by atoms with E-state index in [0.717, 1.165) is 19.4 Å². The second kappa shape index (κ2) is 6.85. The zero-order valence-corrected chi connectivity index (χ0v) is 12.6. The molecule has 0 bridgehead atoms. The van der Waals surface area contributed by atoms with Crippen LogP contribution in [0.15, 0.2) is 17.5 Å². The Morgan fingerprint density at radius 1 is 1.55 bits per heavy atom. The van der Waals surface area contributed by atoms with Gasteiger partial charge in [-0.3, -0.25) is 9.69 Å². The number of esters is 1. The summed E-state index contributed by atoms with van der Waals surface area (Å²) in [6, 6.07) is 4.03. The van der Waals surface area contributed by atoms with E-state index in [1.807, 2.05) is 11.4 Å². The largest absolute Gasteiger partial charge is 0.467 e. The number of carbonyl (C=O) groups is 2. The van der Waals surface area contributed by atoms with Gasteiger partial charge in [-0.2, -0.15) is 0 Å². The molecule has 2 rings (SSSR count). The van der Waals surface area contributed by atoms with Crippen LogP contribution in [0.1, 0.15) is 24.6 Å². The number of nitrogens with one attached hydrogen (secondary N) is 1. The summed E-state index contributed by atoms with van der Waals surface area (Å²) in [6.07, 6.45) is 2.30. The molecule has 6 heteroatoms. The fourth-order valence-electron chi connectivity index (χ4n) is 2.19. The highest BCUT2D eigenvalue weighted by Crippen LogP contribution is 2.29.